The first kappa shape index (κ1) is 22.2. The molecule has 3 aromatic heterocycles. The zero-order valence-corrected chi connectivity index (χ0v) is 18.1. The number of likely N-dealkylation sites (tertiary alicyclic amines) is 1. The van der Waals surface area contributed by atoms with Crippen molar-refractivity contribution >= 4 is 11.7 Å². The first-order valence-corrected chi connectivity index (χ1v) is 10.7. The Kier molecular flexibility index (Phi) is 5.41. The van der Waals surface area contributed by atoms with E-state index in [1.807, 2.05) is 0 Å². The van der Waals surface area contributed by atoms with Gasteiger partial charge in [-0.3, -0.25) is 9.78 Å². The lowest BCUT2D eigenvalue weighted by molar-refractivity contribution is -0.137. The number of hydrogen-bond acceptors (Lipinski definition) is 6. The third kappa shape index (κ3) is 4.06. The molecule has 1 saturated heterocycles. The van der Waals surface area contributed by atoms with Crippen LogP contribution in [0.1, 0.15) is 34.5 Å². The molecule has 0 spiro atoms. The molecule has 3 unspecified atom stereocenters. The molecule has 1 N–H and O–H groups in total. The largest absolute Gasteiger partial charge is 0.417 e. The number of aromatic nitrogens is 4. The van der Waals surface area contributed by atoms with E-state index in [4.69, 9.17) is 0 Å². The maximum Gasteiger partial charge on any atom is 0.417 e. The summed E-state index contributed by atoms with van der Waals surface area (Å²) in [5, 5.41) is 3.19. The Hall–Kier alpha value is -3.63. The van der Waals surface area contributed by atoms with Crippen LogP contribution in [0.15, 0.2) is 43.0 Å². The molecule has 3 atom stereocenters. The number of fused-ring (bicyclic) bond motifs is 2. The number of amides is 1. The number of nitrogens with zero attached hydrogens (tertiary/aromatic N) is 5. The van der Waals surface area contributed by atoms with Crippen molar-refractivity contribution in [3.63, 3.8) is 0 Å². The molecule has 176 valence electrons. The van der Waals surface area contributed by atoms with E-state index in [0.717, 1.165) is 43.1 Å². The zero-order valence-electron chi connectivity index (χ0n) is 18.1. The Morgan fingerprint density at radius 1 is 1.06 bits per heavy atom. The van der Waals surface area contributed by atoms with Crippen molar-refractivity contribution in [3.05, 3.63) is 65.6 Å². The minimum Gasteiger partial charge on any atom is -0.365 e. The van der Waals surface area contributed by atoms with Gasteiger partial charge >= 0.3 is 6.18 Å². The van der Waals surface area contributed by atoms with Gasteiger partial charge in [0.05, 0.1) is 29.6 Å². The molecule has 2 aliphatic rings. The maximum absolute atomic E-state index is 13.6. The number of hydrogen-bond donors (Lipinski definition) is 1. The van der Waals surface area contributed by atoms with Crippen LogP contribution in [0.25, 0.3) is 11.4 Å². The highest BCUT2D eigenvalue weighted by Gasteiger charge is 2.48. The third-order valence-corrected chi connectivity index (χ3v) is 6.37. The summed E-state index contributed by atoms with van der Waals surface area (Å²) in [5.41, 5.74) is 0.552. The molecular weight excluding hydrogens is 452 g/mol. The van der Waals surface area contributed by atoms with Crippen molar-refractivity contribution in [2.75, 3.05) is 11.9 Å². The first-order chi connectivity index (χ1) is 16.2. The fourth-order valence-electron chi connectivity index (χ4n) is 4.83. The molecule has 5 rings (SSSR count). The van der Waals surface area contributed by atoms with Crippen molar-refractivity contribution in [3.8, 4) is 11.4 Å². The van der Waals surface area contributed by atoms with Gasteiger partial charge in [-0.25, -0.2) is 19.3 Å². The predicted octanol–water partition coefficient (Wildman–Crippen LogP) is 4.12. The van der Waals surface area contributed by atoms with Crippen molar-refractivity contribution < 1.29 is 22.4 Å². The van der Waals surface area contributed by atoms with Gasteiger partial charge in [0, 0.05) is 25.0 Å². The predicted molar refractivity (Wildman–Crippen MR) is 114 cm³/mol. The first-order valence-electron chi connectivity index (χ1n) is 10.7. The van der Waals surface area contributed by atoms with Gasteiger partial charge < -0.3 is 10.2 Å². The second-order valence-electron chi connectivity index (χ2n) is 8.62. The summed E-state index contributed by atoms with van der Waals surface area (Å²) in [5.74, 6) is -0.0709. The topological polar surface area (TPSA) is 83.9 Å². The van der Waals surface area contributed by atoms with E-state index in [0.29, 0.717) is 17.9 Å². The lowest BCUT2D eigenvalue weighted by atomic mass is 10.0. The summed E-state index contributed by atoms with van der Waals surface area (Å²) in [6.07, 6.45) is 1.52. The Morgan fingerprint density at radius 3 is 2.47 bits per heavy atom. The van der Waals surface area contributed by atoms with Gasteiger partial charge in [-0.1, -0.05) is 0 Å². The van der Waals surface area contributed by atoms with Crippen LogP contribution in [0.3, 0.4) is 0 Å². The molecule has 11 heteroatoms. The Balaban J connectivity index is 1.38. The van der Waals surface area contributed by atoms with Gasteiger partial charge in [0.25, 0.3) is 5.91 Å². The van der Waals surface area contributed by atoms with E-state index in [9.17, 15) is 22.4 Å². The van der Waals surface area contributed by atoms with Gasteiger partial charge in [0.15, 0.2) is 11.6 Å². The van der Waals surface area contributed by atoms with E-state index in [2.05, 4.69) is 25.3 Å². The number of carbonyl (C=O) groups is 1. The summed E-state index contributed by atoms with van der Waals surface area (Å²) >= 11 is 0. The molecule has 7 nitrogen and oxygen atoms in total. The van der Waals surface area contributed by atoms with Crippen LogP contribution in [-0.4, -0.2) is 49.4 Å². The number of halogens is 4. The summed E-state index contributed by atoms with van der Waals surface area (Å²) in [6, 6.07) is 3.70. The Bertz CT molecular complexity index is 1220. The number of nitrogens with one attached hydrogen (secondary N) is 1. The molecule has 1 amide bonds. The van der Waals surface area contributed by atoms with E-state index in [1.54, 1.807) is 17.9 Å². The lowest BCUT2D eigenvalue weighted by Gasteiger charge is -2.34. The minimum absolute atomic E-state index is 0.151. The van der Waals surface area contributed by atoms with Crippen LogP contribution >= 0.6 is 0 Å². The molecule has 1 aliphatic carbocycles. The highest BCUT2D eigenvalue weighted by atomic mass is 19.4. The lowest BCUT2D eigenvalue weighted by Crippen LogP contribution is -2.48. The van der Waals surface area contributed by atoms with Crippen LogP contribution in [-0.2, 0) is 6.18 Å². The number of aryl methyl sites for hydroxylation is 1. The number of piperidine rings is 1. The van der Waals surface area contributed by atoms with E-state index in [1.165, 1.54) is 12.3 Å². The Labute approximate surface area is 192 Å². The van der Waals surface area contributed by atoms with Crippen molar-refractivity contribution in [2.24, 2.45) is 5.92 Å². The molecule has 34 heavy (non-hydrogen) atoms. The molecule has 3 aromatic rings. The summed E-state index contributed by atoms with van der Waals surface area (Å²) < 4.78 is 51.8. The molecular formula is C23H20F4N6O. The summed E-state index contributed by atoms with van der Waals surface area (Å²) in [7, 11) is 0. The van der Waals surface area contributed by atoms with Gasteiger partial charge in [0.2, 0.25) is 0 Å². The van der Waals surface area contributed by atoms with Gasteiger partial charge in [0.1, 0.15) is 11.5 Å². The van der Waals surface area contributed by atoms with Crippen LogP contribution in [0.2, 0.25) is 0 Å². The fraction of sp³-hybridized carbons (Fsp3) is 0.348. The summed E-state index contributed by atoms with van der Waals surface area (Å²) in [6.45, 7) is 2.36. The van der Waals surface area contributed by atoms with Crippen LogP contribution in [0.5, 0.6) is 0 Å². The SMILES string of the molecule is Cc1ccnc(C(=O)N2CC3CC(Nc4ccc(C(F)(F)F)cn4)C2C3)c1-c1ncc(F)cn1. The van der Waals surface area contributed by atoms with Gasteiger partial charge in [-0.15, -0.1) is 0 Å². The molecule has 2 bridgehead atoms. The highest BCUT2D eigenvalue weighted by Crippen LogP contribution is 2.40. The quantitative estimate of drug-likeness (QED) is 0.576. The van der Waals surface area contributed by atoms with Crippen LogP contribution < -0.4 is 5.32 Å². The van der Waals surface area contributed by atoms with Gasteiger partial charge in [-0.05, 0) is 49.4 Å². The molecule has 1 aliphatic heterocycles. The van der Waals surface area contributed by atoms with Crippen molar-refractivity contribution in [2.45, 2.75) is 38.0 Å². The highest BCUT2D eigenvalue weighted by molar-refractivity contribution is 5.99. The molecule has 0 radical (unpaired) electrons. The molecule has 1 saturated carbocycles. The third-order valence-electron chi connectivity index (χ3n) is 6.37. The maximum atomic E-state index is 13.6. The van der Waals surface area contributed by atoms with Crippen molar-refractivity contribution in [1.82, 2.24) is 24.8 Å². The van der Waals surface area contributed by atoms with Gasteiger partial charge in [-0.2, -0.15) is 13.2 Å². The second kappa shape index (κ2) is 8.30. The molecule has 2 fully saturated rings. The average Bonchev–Trinajstić information content (AvgIpc) is 3.40. The number of anilines is 1. The molecule has 0 aromatic carbocycles. The zero-order chi connectivity index (χ0) is 24.0. The van der Waals surface area contributed by atoms with Crippen LogP contribution in [0, 0.1) is 18.7 Å². The Morgan fingerprint density at radius 2 is 1.82 bits per heavy atom. The van der Waals surface area contributed by atoms with E-state index < -0.39 is 17.6 Å². The number of alkyl halides is 3. The molecule has 4 heterocycles. The monoisotopic (exact) mass is 472 g/mol. The fourth-order valence-corrected chi connectivity index (χ4v) is 4.83. The number of pyridine rings is 2. The van der Waals surface area contributed by atoms with Crippen molar-refractivity contribution in [1.29, 1.82) is 0 Å². The van der Waals surface area contributed by atoms with Crippen LogP contribution in [0.4, 0.5) is 23.4 Å². The van der Waals surface area contributed by atoms with E-state index >= 15 is 0 Å². The minimum atomic E-state index is -4.45. The van der Waals surface area contributed by atoms with E-state index in [-0.39, 0.29) is 35.4 Å². The normalized spacial score (nSPS) is 21.7. The number of carbonyl (C=O) groups excluding carboxylic acids is 1. The average molecular weight is 472 g/mol. The summed E-state index contributed by atoms with van der Waals surface area (Å²) in [4.78, 5) is 31.6. The smallest absolute Gasteiger partial charge is 0.365 e. The second-order valence-corrected chi connectivity index (χ2v) is 8.62. The number of rotatable bonds is 4. The standard InChI is InChI=1S/C23H20F4N6O/c1-12-4-5-28-20(19(12)21-30-9-15(24)10-31-21)22(34)33-11-13-6-16(17(33)7-13)32-18-3-2-14(8-29-18)23(25,26)27/h2-5,8-10,13,16-17H,6-7,11H2,1H3,(H,29,32).